The van der Waals surface area contributed by atoms with E-state index >= 15 is 8.78 Å². The number of fused-ring (bicyclic) bond motifs is 9. The standard InChI is InChI=1S/C35H44F2N4O6/c1-6-19-25(16-42)41-15-27(19)46-31-29(38-23-11-10-18(45-5)14-24(23)39-31)28-22(35(28,36)37)9-7-8-20-21-12-17(21)13-26(20)47-33(44)40-30(32(41)43)34(2,3)4/h10-11,14,16-17,19-22,25-28,30H,6-9,12-13,15H2,1-5H3,(H,40,44)/t17?,19-,20+,21?,22?,25+,26+,27-,28?,30+/m0/s1. The molecule has 254 valence electrons. The van der Waals surface area contributed by atoms with Crippen LogP contribution in [0.25, 0.3) is 11.0 Å². The Morgan fingerprint density at radius 1 is 1.09 bits per heavy atom. The Bertz CT molecular complexity index is 1580. The second-order valence-corrected chi connectivity index (χ2v) is 15.3. The molecule has 2 bridgehead atoms. The van der Waals surface area contributed by atoms with Crippen molar-refractivity contribution in [1.29, 1.82) is 0 Å². The minimum Gasteiger partial charge on any atom is -0.497 e. The fourth-order valence-corrected chi connectivity index (χ4v) is 8.68. The quantitative estimate of drug-likeness (QED) is 0.430. The van der Waals surface area contributed by atoms with E-state index in [0.717, 1.165) is 19.1 Å². The van der Waals surface area contributed by atoms with Gasteiger partial charge in [0, 0.05) is 17.9 Å². The molecule has 2 aromatic rings. The third-order valence-corrected chi connectivity index (χ3v) is 11.4. The Kier molecular flexibility index (Phi) is 7.86. The highest BCUT2D eigenvalue weighted by molar-refractivity contribution is 5.89. The average molecular weight is 655 g/mol. The van der Waals surface area contributed by atoms with Crippen molar-refractivity contribution in [3.63, 3.8) is 0 Å². The van der Waals surface area contributed by atoms with Gasteiger partial charge in [0.15, 0.2) is 0 Å². The van der Waals surface area contributed by atoms with E-state index in [1.54, 1.807) is 18.2 Å². The first-order chi connectivity index (χ1) is 22.3. The second-order valence-electron chi connectivity index (χ2n) is 15.3. The van der Waals surface area contributed by atoms with Crippen molar-refractivity contribution in [1.82, 2.24) is 20.2 Å². The van der Waals surface area contributed by atoms with Crippen LogP contribution in [0, 0.1) is 35.0 Å². The molecule has 1 aromatic heterocycles. The molecule has 1 aromatic carbocycles. The highest BCUT2D eigenvalue weighted by Crippen LogP contribution is 2.65. The number of hydrogen-bond acceptors (Lipinski definition) is 8. The lowest BCUT2D eigenvalue weighted by molar-refractivity contribution is -0.139. The molecule has 3 saturated carbocycles. The number of carbonyl (C=O) groups is 3. The number of ether oxygens (including phenoxy) is 3. The molecule has 1 N–H and O–H groups in total. The molecule has 10 nitrogen and oxygen atoms in total. The summed E-state index contributed by atoms with van der Waals surface area (Å²) in [5, 5.41) is 2.84. The van der Waals surface area contributed by atoms with Crippen LogP contribution in [0.2, 0.25) is 0 Å². The molecule has 7 rings (SSSR count). The molecule has 3 aliphatic carbocycles. The number of carbonyl (C=O) groups excluding carboxylic acids is 3. The van der Waals surface area contributed by atoms with Crippen LogP contribution < -0.4 is 14.8 Å². The van der Waals surface area contributed by atoms with Crippen LogP contribution in [0.1, 0.15) is 77.8 Å². The number of alkyl halides is 2. The molecule has 5 aliphatic rings. The van der Waals surface area contributed by atoms with Crippen LogP contribution in [0.5, 0.6) is 11.6 Å². The number of aromatic nitrogens is 2. The smallest absolute Gasteiger partial charge is 0.408 e. The number of hydrogen-bond donors (Lipinski definition) is 1. The van der Waals surface area contributed by atoms with Crippen LogP contribution in [0.15, 0.2) is 18.2 Å². The monoisotopic (exact) mass is 654 g/mol. The van der Waals surface area contributed by atoms with Crippen molar-refractivity contribution in [3.8, 4) is 11.6 Å². The third-order valence-electron chi connectivity index (χ3n) is 11.4. The molecule has 1 saturated heterocycles. The summed E-state index contributed by atoms with van der Waals surface area (Å²) in [6.07, 6.45) is 2.86. The average Bonchev–Trinajstić information content (AvgIpc) is 3.79. The van der Waals surface area contributed by atoms with E-state index in [4.69, 9.17) is 24.2 Å². The lowest BCUT2D eigenvalue weighted by atomic mass is 9.85. The van der Waals surface area contributed by atoms with E-state index in [0.29, 0.717) is 54.3 Å². The van der Waals surface area contributed by atoms with Crippen molar-refractivity contribution in [2.75, 3.05) is 13.7 Å². The maximum atomic E-state index is 15.7. The lowest BCUT2D eigenvalue weighted by Crippen LogP contribution is -2.56. The zero-order chi connectivity index (χ0) is 33.4. The van der Waals surface area contributed by atoms with E-state index < -0.39 is 59.3 Å². The summed E-state index contributed by atoms with van der Waals surface area (Å²) in [4.78, 5) is 51.0. The van der Waals surface area contributed by atoms with Gasteiger partial charge in [0.1, 0.15) is 36.0 Å². The summed E-state index contributed by atoms with van der Waals surface area (Å²) in [5.41, 5.74) is 0.279. The summed E-state index contributed by atoms with van der Waals surface area (Å²) < 4.78 is 49.1. The van der Waals surface area contributed by atoms with Gasteiger partial charge in [-0.15, -0.1) is 0 Å². The third kappa shape index (κ3) is 5.59. The Morgan fingerprint density at radius 3 is 2.57 bits per heavy atom. The number of benzene rings is 1. The van der Waals surface area contributed by atoms with Gasteiger partial charge in [0.05, 0.1) is 36.6 Å². The van der Waals surface area contributed by atoms with Gasteiger partial charge in [-0.05, 0) is 67.4 Å². The van der Waals surface area contributed by atoms with Crippen molar-refractivity contribution < 1.29 is 37.4 Å². The van der Waals surface area contributed by atoms with Gasteiger partial charge in [-0.2, -0.15) is 0 Å². The van der Waals surface area contributed by atoms with Gasteiger partial charge in [-0.3, -0.25) is 4.79 Å². The molecule has 4 unspecified atom stereocenters. The number of nitrogens with zero attached hydrogens (tertiary/aromatic N) is 3. The number of amides is 2. The molecule has 47 heavy (non-hydrogen) atoms. The maximum Gasteiger partial charge on any atom is 0.408 e. The zero-order valence-electron chi connectivity index (χ0n) is 27.6. The minimum atomic E-state index is -2.99. The van der Waals surface area contributed by atoms with Crippen LogP contribution in [0.4, 0.5) is 13.6 Å². The van der Waals surface area contributed by atoms with Crippen molar-refractivity contribution in [3.05, 3.63) is 23.9 Å². The highest BCUT2D eigenvalue weighted by atomic mass is 19.3. The molecule has 10 atom stereocenters. The van der Waals surface area contributed by atoms with Crippen LogP contribution in [0.3, 0.4) is 0 Å². The minimum absolute atomic E-state index is 0.00723. The van der Waals surface area contributed by atoms with E-state index in [1.165, 1.54) is 12.0 Å². The van der Waals surface area contributed by atoms with Gasteiger partial charge < -0.3 is 29.2 Å². The molecular formula is C35H44F2N4O6. The van der Waals surface area contributed by atoms with Crippen molar-refractivity contribution in [2.45, 2.75) is 102 Å². The first kappa shape index (κ1) is 32.0. The Labute approximate surface area is 273 Å². The largest absolute Gasteiger partial charge is 0.497 e. The van der Waals surface area contributed by atoms with Crippen LogP contribution in [-0.4, -0.2) is 77.0 Å². The fraction of sp³-hybridized carbons (Fsp3) is 0.686. The zero-order valence-corrected chi connectivity index (χ0v) is 27.6. The van der Waals surface area contributed by atoms with E-state index in [1.807, 2.05) is 27.7 Å². The lowest BCUT2D eigenvalue weighted by Gasteiger charge is -2.35. The predicted molar refractivity (Wildman–Crippen MR) is 167 cm³/mol. The number of alkyl carbamates (subject to hydrolysis) is 1. The van der Waals surface area contributed by atoms with Gasteiger partial charge in [-0.1, -0.05) is 34.1 Å². The predicted octanol–water partition coefficient (Wildman–Crippen LogP) is 5.52. The SMILES string of the molecule is CC[C@@H]1[C@@H]2CN(C(=O)[C@H](C(C)(C)C)NC(=O)O[C@@H]3CC4CC4[C@H]3CCCC3C(c4nc5ccc(OC)cc5nc4O2)C3(F)F)[C@@H]1C=O. The normalized spacial score (nSPS) is 36.4. The molecule has 2 aliphatic heterocycles. The van der Waals surface area contributed by atoms with Crippen molar-refractivity contribution >= 4 is 29.3 Å². The van der Waals surface area contributed by atoms with Crippen LogP contribution >= 0.6 is 0 Å². The number of methoxy groups -OCH3 is 1. The Morgan fingerprint density at radius 2 is 1.87 bits per heavy atom. The number of halogens is 2. The van der Waals surface area contributed by atoms with Gasteiger partial charge >= 0.3 is 6.09 Å². The summed E-state index contributed by atoms with van der Waals surface area (Å²) in [6, 6.07) is 3.27. The van der Waals surface area contributed by atoms with Gasteiger partial charge in [0.25, 0.3) is 5.92 Å². The Hall–Kier alpha value is -3.57. The highest BCUT2D eigenvalue weighted by Gasteiger charge is 2.70. The van der Waals surface area contributed by atoms with E-state index in [-0.39, 0.29) is 30.1 Å². The second kappa shape index (κ2) is 11.5. The molecule has 12 heteroatoms. The van der Waals surface area contributed by atoms with Crippen molar-refractivity contribution in [2.24, 2.45) is 35.0 Å². The van der Waals surface area contributed by atoms with Gasteiger partial charge in [0.2, 0.25) is 11.8 Å². The summed E-state index contributed by atoms with van der Waals surface area (Å²) in [7, 11) is 1.53. The number of rotatable bonds is 3. The fourth-order valence-electron chi connectivity index (χ4n) is 8.68. The summed E-state index contributed by atoms with van der Waals surface area (Å²) in [6.45, 7) is 7.46. The molecule has 4 fully saturated rings. The van der Waals surface area contributed by atoms with Gasteiger partial charge in [-0.25, -0.2) is 23.5 Å². The molecule has 0 spiro atoms. The number of aldehydes is 1. The van der Waals surface area contributed by atoms with E-state index in [9.17, 15) is 14.4 Å². The first-order valence-corrected chi connectivity index (χ1v) is 17.0. The molecule has 0 radical (unpaired) electrons. The molecule has 3 heterocycles. The first-order valence-electron chi connectivity index (χ1n) is 17.0. The summed E-state index contributed by atoms with van der Waals surface area (Å²) >= 11 is 0. The van der Waals surface area contributed by atoms with Crippen LogP contribution in [-0.2, 0) is 14.3 Å². The van der Waals surface area contributed by atoms with E-state index in [2.05, 4.69) is 5.32 Å². The molecule has 2 amide bonds. The Balaban J connectivity index is 1.30. The molecular weight excluding hydrogens is 610 g/mol. The topological polar surface area (TPSA) is 120 Å². The maximum absolute atomic E-state index is 15.7. The summed E-state index contributed by atoms with van der Waals surface area (Å²) in [5.74, 6) is -4.42. The number of nitrogens with one attached hydrogen (secondary N) is 1.